The minimum atomic E-state index is -0.892. The minimum absolute atomic E-state index is 0.307. The third-order valence-corrected chi connectivity index (χ3v) is 2.95. The normalized spacial score (nSPS) is 19.9. The van der Waals surface area contributed by atoms with Crippen LogP contribution in [-0.4, -0.2) is 43.1 Å². The molecule has 2 unspecified atom stereocenters. The highest BCUT2D eigenvalue weighted by molar-refractivity contribution is 5.25. The van der Waals surface area contributed by atoms with E-state index >= 15 is 0 Å². The monoisotopic (exact) mass is 253 g/mol. The van der Waals surface area contributed by atoms with Crippen LogP contribution in [0.25, 0.3) is 0 Å². The Kier molecular flexibility index (Phi) is 4.68. The van der Waals surface area contributed by atoms with Gasteiger partial charge in [0.25, 0.3) is 0 Å². The first kappa shape index (κ1) is 13.5. The molecule has 1 saturated heterocycles. The lowest BCUT2D eigenvalue weighted by molar-refractivity contribution is -0.0441. The largest absolute Gasteiger partial charge is 0.389 e. The summed E-state index contributed by atoms with van der Waals surface area (Å²) >= 11 is 0. The number of likely N-dealkylation sites (N-methyl/N-ethyl adjacent to an activating group) is 1. The smallest absolute Gasteiger partial charge is 0.184 e. The van der Waals surface area contributed by atoms with Crippen LogP contribution in [0.1, 0.15) is 23.5 Å². The first-order valence-electron chi connectivity index (χ1n) is 6.06. The van der Waals surface area contributed by atoms with E-state index in [-0.39, 0.29) is 6.29 Å². The molecule has 1 fully saturated rings. The summed E-state index contributed by atoms with van der Waals surface area (Å²) in [7, 11) is 1.73. The molecule has 0 aromatic heterocycles. The van der Waals surface area contributed by atoms with Gasteiger partial charge in [0.15, 0.2) is 6.29 Å². The molecule has 0 radical (unpaired) electrons. The number of hydrogen-bond donors (Lipinski definition) is 3. The Labute approximate surface area is 106 Å². The van der Waals surface area contributed by atoms with Gasteiger partial charge in [-0.05, 0) is 12.6 Å². The van der Waals surface area contributed by atoms with Crippen LogP contribution in [-0.2, 0) is 9.47 Å². The minimum Gasteiger partial charge on any atom is -0.389 e. The second-order valence-corrected chi connectivity index (χ2v) is 4.31. The summed E-state index contributed by atoms with van der Waals surface area (Å²) in [6, 6.07) is 7.26. The molecule has 0 amide bonds. The van der Waals surface area contributed by atoms with E-state index in [0.717, 1.165) is 5.56 Å². The first-order chi connectivity index (χ1) is 8.72. The summed E-state index contributed by atoms with van der Waals surface area (Å²) in [4.78, 5) is 0. The molecule has 5 heteroatoms. The van der Waals surface area contributed by atoms with E-state index in [0.29, 0.717) is 25.3 Å². The van der Waals surface area contributed by atoms with Crippen molar-refractivity contribution in [3.8, 4) is 0 Å². The number of aliphatic hydroxyl groups is 2. The van der Waals surface area contributed by atoms with Crippen LogP contribution in [0.15, 0.2) is 24.3 Å². The molecule has 18 heavy (non-hydrogen) atoms. The Hall–Kier alpha value is -0.980. The van der Waals surface area contributed by atoms with E-state index in [9.17, 15) is 10.2 Å². The van der Waals surface area contributed by atoms with Gasteiger partial charge in [-0.3, -0.25) is 0 Å². The lowest BCUT2D eigenvalue weighted by Gasteiger charge is -2.18. The average Bonchev–Trinajstić information content (AvgIpc) is 2.92. The molecule has 0 spiro atoms. The van der Waals surface area contributed by atoms with Gasteiger partial charge in [-0.1, -0.05) is 24.3 Å². The van der Waals surface area contributed by atoms with E-state index < -0.39 is 12.2 Å². The Bertz CT molecular complexity index is 362. The SMILES string of the molecule is CNCC(O)C(O)c1ccc(C2OCCO2)cc1. The number of hydrogen-bond acceptors (Lipinski definition) is 5. The number of benzene rings is 1. The number of ether oxygens (including phenoxy) is 2. The van der Waals surface area contributed by atoms with Crippen molar-refractivity contribution in [1.29, 1.82) is 0 Å². The van der Waals surface area contributed by atoms with Crippen molar-refractivity contribution in [2.45, 2.75) is 18.5 Å². The van der Waals surface area contributed by atoms with Crippen molar-refractivity contribution >= 4 is 0 Å². The van der Waals surface area contributed by atoms with Crippen molar-refractivity contribution in [2.75, 3.05) is 26.8 Å². The Balaban J connectivity index is 2.02. The quantitative estimate of drug-likeness (QED) is 0.706. The maximum absolute atomic E-state index is 9.92. The van der Waals surface area contributed by atoms with Crippen molar-refractivity contribution < 1.29 is 19.7 Å². The second-order valence-electron chi connectivity index (χ2n) is 4.31. The summed E-state index contributed by atoms with van der Waals surface area (Å²) in [5.41, 5.74) is 1.60. The third-order valence-electron chi connectivity index (χ3n) is 2.95. The van der Waals surface area contributed by atoms with Gasteiger partial charge in [0.05, 0.1) is 19.3 Å². The van der Waals surface area contributed by atoms with Gasteiger partial charge in [0, 0.05) is 12.1 Å². The van der Waals surface area contributed by atoms with Gasteiger partial charge in [-0.25, -0.2) is 0 Å². The molecule has 3 N–H and O–H groups in total. The van der Waals surface area contributed by atoms with Crippen molar-refractivity contribution in [1.82, 2.24) is 5.32 Å². The van der Waals surface area contributed by atoms with Gasteiger partial charge in [-0.2, -0.15) is 0 Å². The standard InChI is InChI=1S/C13H19NO4/c1-14-8-11(15)12(16)9-2-4-10(5-3-9)13-17-6-7-18-13/h2-5,11-16H,6-8H2,1H3. The topological polar surface area (TPSA) is 71.0 Å². The summed E-state index contributed by atoms with van der Waals surface area (Å²) in [6.45, 7) is 1.56. The highest BCUT2D eigenvalue weighted by atomic mass is 16.7. The predicted octanol–water partition coefficient (Wildman–Crippen LogP) is 0.346. The second kappa shape index (κ2) is 6.26. The maximum atomic E-state index is 9.92. The van der Waals surface area contributed by atoms with Crippen LogP contribution in [0.3, 0.4) is 0 Å². The van der Waals surface area contributed by atoms with E-state index in [4.69, 9.17) is 9.47 Å². The van der Waals surface area contributed by atoms with E-state index in [1.54, 1.807) is 19.2 Å². The van der Waals surface area contributed by atoms with Crippen LogP contribution in [0, 0.1) is 0 Å². The fourth-order valence-electron chi connectivity index (χ4n) is 1.94. The molecule has 0 bridgehead atoms. The van der Waals surface area contributed by atoms with Gasteiger partial charge < -0.3 is 25.0 Å². The summed E-state index contributed by atoms with van der Waals surface area (Å²) in [6.07, 6.45) is -2.02. The molecule has 0 saturated carbocycles. The van der Waals surface area contributed by atoms with Gasteiger partial charge in [0.1, 0.15) is 6.10 Å². The molecule has 100 valence electrons. The molecule has 2 atom stereocenters. The predicted molar refractivity (Wildman–Crippen MR) is 66.0 cm³/mol. The van der Waals surface area contributed by atoms with E-state index in [1.165, 1.54) is 0 Å². The van der Waals surface area contributed by atoms with Crippen molar-refractivity contribution in [2.24, 2.45) is 0 Å². The van der Waals surface area contributed by atoms with Gasteiger partial charge in [0.2, 0.25) is 0 Å². The number of nitrogens with one attached hydrogen (secondary N) is 1. The molecular weight excluding hydrogens is 234 g/mol. The van der Waals surface area contributed by atoms with Gasteiger partial charge in [-0.15, -0.1) is 0 Å². The Morgan fingerprint density at radius 2 is 1.83 bits per heavy atom. The average molecular weight is 253 g/mol. The molecule has 1 aromatic carbocycles. The first-order valence-corrected chi connectivity index (χ1v) is 6.06. The van der Waals surface area contributed by atoms with Crippen LogP contribution in [0.4, 0.5) is 0 Å². The highest BCUT2D eigenvalue weighted by Crippen LogP contribution is 2.25. The number of rotatable bonds is 5. The molecule has 1 heterocycles. The zero-order valence-electron chi connectivity index (χ0n) is 10.4. The summed E-state index contributed by atoms with van der Waals surface area (Å²) in [5, 5.41) is 22.4. The van der Waals surface area contributed by atoms with E-state index in [1.807, 2.05) is 12.1 Å². The van der Waals surface area contributed by atoms with E-state index in [2.05, 4.69) is 5.32 Å². The lowest BCUT2D eigenvalue weighted by Crippen LogP contribution is -2.29. The Morgan fingerprint density at radius 1 is 1.22 bits per heavy atom. The molecule has 1 aromatic rings. The third kappa shape index (κ3) is 3.07. The Morgan fingerprint density at radius 3 is 2.39 bits per heavy atom. The van der Waals surface area contributed by atoms with Crippen molar-refractivity contribution in [3.63, 3.8) is 0 Å². The molecule has 1 aliphatic rings. The van der Waals surface area contributed by atoms with Crippen LogP contribution >= 0.6 is 0 Å². The molecule has 1 aliphatic heterocycles. The summed E-state index contributed by atoms with van der Waals surface area (Å²) in [5.74, 6) is 0. The zero-order valence-corrected chi connectivity index (χ0v) is 10.4. The molecular formula is C13H19NO4. The van der Waals surface area contributed by atoms with Crippen LogP contribution in [0.5, 0.6) is 0 Å². The summed E-state index contributed by atoms with van der Waals surface area (Å²) < 4.78 is 10.8. The number of aliphatic hydroxyl groups excluding tert-OH is 2. The lowest BCUT2D eigenvalue weighted by atomic mass is 10.0. The molecule has 0 aliphatic carbocycles. The fourth-order valence-corrected chi connectivity index (χ4v) is 1.94. The van der Waals surface area contributed by atoms with Crippen LogP contribution < -0.4 is 5.32 Å². The van der Waals surface area contributed by atoms with Crippen LogP contribution in [0.2, 0.25) is 0 Å². The van der Waals surface area contributed by atoms with Crippen molar-refractivity contribution in [3.05, 3.63) is 35.4 Å². The molecule has 5 nitrogen and oxygen atoms in total. The highest BCUT2D eigenvalue weighted by Gasteiger charge is 2.20. The fraction of sp³-hybridized carbons (Fsp3) is 0.538. The maximum Gasteiger partial charge on any atom is 0.184 e. The molecule has 2 rings (SSSR count). The zero-order chi connectivity index (χ0) is 13.0. The van der Waals surface area contributed by atoms with Gasteiger partial charge >= 0.3 is 0 Å².